The molecule has 0 radical (unpaired) electrons. The van der Waals surface area contributed by atoms with Crippen molar-refractivity contribution >= 4 is 17.8 Å². The minimum atomic E-state index is -1.14. The van der Waals surface area contributed by atoms with Crippen molar-refractivity contribution in [2.45, 2.75) is 45.8 Å². The Labute approximate surface area is 243 Å². The number of nitrogens with zero attached hydrogens (tertiary/aromatic N) is 3. The molecule has 2 heterocycles. The number of hydrogen-bond donors (Lipinski definition) is 3. The van der Waals surface area contributed by atoms with Gasteiger partial charge in [-0.25, -0.2) is 9.78 Å². The summed E-state index contributed by atoms with van der Waals surface area (Å²) in [5, 5.41) is 9.87. The van der Waals surface area contributed by atoms with Crippen LogP contribution in [0.1, 0.15) is 61.8 Å². The first kappa shape index (κ1) is 28.6. The van der Waals surface area contributed by atoms with Crippen LogP contribution in [-0.4, -0.2) is 50.5 Å². The number of imidazole rings is 1. The molecular formula is C32H33N5O5. The van der Waals surface area contributed by atoms with E-state index in [1.165, 1.54) is 7.11 Å². The summed E-state index contributed by atoms with van der Waals surface area (Å²) < 4.78 is 7.32. The van der Waals surface area contributed by atoms with Gasteiger partial charge in [0.1, 0.15) is 17.1 Å². The van der Waals surface area contributed by atoms with E-state index in [-0.39, 0.29) is 30.2 Å². The molecule has 0 saturated heterocycles. The van der Waals surface area contributed by atoms with E-state index < -0.39 is 24.0 Å². The number of hydrogen-bond acceptors (Lipinski definition) is 6. The van der Waals surface area contributed by atoms with Gasteiger partial charge in [-0.05, 0) is 67.6 Å². The number of primary amides is 1. The minimum absolute atomic E-state index is 0.00626. The lowest BCUT2D eigenvalue weighted by Crippen LogP contribution is -2.45. The highest BCUT2D eigenvalue weighted by Crippen LogP contribution is 2.37. The molecular weight excluding hydrogens is 534 g/mol. The number of carboxylic acid groups (broad SMARTS) is 1. The van der Waals surface area contributed by atoms with Crippen molar-refractivity contribution in [3.8, 4) is 22.7 Å². The van der Waals surface area contributed by atoms with Crippen LogP contribution in [0.15, 0.2) is 60.8 Å². The molecule has 4 aromatic rings. The lowest BCUT2D eigenvalue weighted by Gasteiger charge is -2.30. The van der Waals surface area contributed by atoms with Gasteiger partial charge < -0.3 is 30.8 Å². The first-order valence-electron chi connectivity index (χ1n) is 13.5. The van der Waals surface area contributed by atoms with E-state index in [4.69, 9.17) is 21.2 Å². The van der Waals surface area contributed by atoms with Crippen LogP contribution in [0, 0.1) is 13.8 Å². The van der Waals surface area contributed by atoms with Gasteiger partial charge in [-0.1, -0.05) is 30.3 Å². The Balaban J connectivity index is 1.58. The third-order valence-corrected chi connectivity index (χ3v) is 7.88. The highest BCUT2D eigenvalue weighted by molar-refractivity contribution is 5.93. The van der Waals surface area contributed by atoms with Crippen LogP contribution >= 0.6 is 0 Å². The van der Waals surface area contributed by atoms with Crippen LogP contribution in [0.5, 0.6) is 5.75 Å². The molecule has 5 rings (SSSR count). The summed E-state index contributed by atoms with van der Waals surface area (Å²) in [6, 6.07) is 14.9. The van der Waals surface area contributed by atoms with Crippen LogP contribution in [0.25, 0.3) is 16.9 Å². The fourth-order valence-electron chi connectivity index (χ4n) is 5.64. The predicted molar refractivity (Wildman–Crippen MR) is 158 cm³/mol. The fourth-order valence-corrected chi connectivity index (χ4v) is 5.64. The molecule has 0 fully saturated rings. The van der Waals surface area contributed by atoms with E-state index in [1.807, 2.05) is 61.9 Å². The second kappa shape index (κ2) is 11.1. The standard InChI is InChI=1S/C32H33N5O5/c1-17-10-21(29(34)38)11-18(2)23(17)13-25(33)31(39)36-15-22-12-24(32(40)41)28(42-4)14-27(22)37-16-26(35-30(37)19(36)3)20-8-6-5-7-9-20/h5-12,14,16,19,25H,13,15,33H2,1-4H3,(H2,34,38)(H,40,41)/t19-,25-/m0/s1. The number of benzene rings is 3. The van der Waals surface area contributed by atoms with E-state index in [1.54, 1.807) is 29.2 Å². The molecule has 216 valence electrons. The molecule has 42 heavy (non-hydrogen) atoms. The maximum absolute atomic E-state index is 14.1. The lowest BCUT2D eigenvalue weighted by atomic mass is 9.93. The molecule has 0 saturated carbocycles. The van der Waals surface area contributed by atoms with E-state index in [0.29, 0.717) is 28.3 Å². The number of rotatable bonds is 7. The molecule has 2 amide bonds. The maximum Gasteiger partial charge on any atom is 0.339 e. The Morgan fingerprint density at radius 2 is 1.76 bits per heavy atom. The van der Waals surface area contributed by atoms with Gasteiger partial charge in [-0.2, -0.15) is 0 Å². The molecule has 10 nitrogen and oxygen atoms in total. The van der Waals surface area contributed by atoms with E-state index in [0.717, 1.165) is 22.3 Å². The summed E-state index contributed by atoms with van der Waals surface area (Å²) in [4.78, 5) is 44.4. The van der Waals surface area contributed by atoms with Crippen LogP contribution in [0.3, 0.4) is 0 Å². The molecule has 0 bridgehead atoms. The van der Waals surface area contributed by atoms with Crippen LogP contribution < -0.4 is 16.2 Å². The number of ether oxygens (including phenoxy) is 1. The quantitative estimate of drug-likeness (QED) is 0.306. The van der Waals surface area contributed by atoms with E-state index in [2.05, 4.69) is 0 Å². The molecule has 2 atom stereocenters. The molecule has 1 aromatic heterocycles. The average Bonchev–Trinajstić information content (AvgIpc) is 3.38. The zero-order valence-electron chi connectivity index (χ0n) is 23.9. The first-order valence-corrected chi connectivity index (χ1v) is 13.5. The molecule has 0 spiro atoms. The Kier molecular flexibility index (Phi) is 7.57. The van der Waals surface area contributed by atoms with Gasteiger partial charge in [0.05, 0.1) is 30.6 Å². The summed E-state index contributed by atoms with van der Waals surface area (Å²) in [5.74, 6) is -1.15. The lowest BCUT2D eigenvalue weighted by molar-refractivity contribution is -0.135. The number of aromatic carboxylic acids is 1. The number of methoxy groups -OCH3 is 1. The predicted octanol–water partition coefficient (Wildman–Crippen LogP) is 3.94. The highest BCUT2D eigenvalue weighted by Gasteiger charge is 2.34. The minimum Gasteiger partial charge on any atom is -0.496 e. The van der Waals surface area contributed by atoms with Crippen LogP contribution in [0.4, 0.5) is 0 Å². The Hall–Kier alpha value is -4.96. The van der Waals surface area contributed by atoms with Gasteiger partial charge >= 0.3 is 5.97 Å². The van der Waals surface area contributed by atoms with Crippen LogP contribution in [-0.2, 0) is 17.8 Å². The van der Waals surface area contributed by atoms with Gasteiger partial charge in [0, 0.05) is 29.9 Å². The van der Waals surface area contributed by atoms with Crippen molar-refractivity contribution in [2.75, 3.05) is 7.11 Å². The third kappa shape index (κ3) is 5.12. The van der Waals surface area contributed by atoms with Crippen molar-refractivity contribution in [1.82, 2.24) is 14.5 Å². The smallest absolute Gasteiger partial charge is 0.339 e. The summed E-state index contributed by atoms with van der Waals surface area (Å²) in [6.07, 6.45) is 2.14. The summed E-state index contributed by atoms with van der Waals surface area (Å²) >= 11 is 0. The van der Waals surface area contributed by atoms with Gasteiger partial charge in [0.15, 0.2) is 0 Å². The number of aryl methyl sites for hydroxylation is 2. The molecule has 10 heteroatoms. The molecule has 0 aliphatic carbocycles. The van der Waals surface area contributed by atoms with Crippen molar-refractivity contribution < 1.29 is 24.2 Å². The number of carbonyl (C=O) groups is 3. The fraction of sp³-hybridized carbons (Fsp3) is 0.250. The molecule has 1 aliphatic rings. The van der Waals surface area contributed by atoms with Crippen molar-refractivity contribution in [3.05, 3.63) is 100.0 Å². The van der Waals surface area contributed by atoms with Crippen molar-refractivity contribution in [3.63, 3.8) is 0 Å². The molecule has 1 aliphatic heterocycles. The van der Waals surface area contributed by atoms with Gasteiger partial charge in [-0.3, -0.25) is 9.59 Å². The Bertz CT molecular complexity index is 1690. The number of carbonyl (C=O) groups excluding carboxylic acids is 2. The molecule has 3 aromatic carbocycles. The maximum atomic E-state index is 14.1. The first-order chi connectivity index (χ1) is 20.0. The normalized spacial score (nSPS) is 14.9. The Morgan fingerprint density at radius 1 is 1.10 bits per heavy atom. The molecule has 0 unspecified atom stereocenters. The highest BCUT2D eigenvalue weighted by atomic mass is 16.5. The number of carboxylic acids is 1. The van der Waals surface area contributed by atoms with Crippen LogP contribution in [0.2, 0.25) is 0 Å². The summed E-state index contributed by atoms with van der Waals surface area (Å²) in [7, 11) is 1.42. The van der Waals surface area contributed by atoms with E-state index in [9.17, 15) is 19.5 Å². The van der Waals surface area contributed by atoms with Gasteiger partial charge in [0.25, 0.3) is 0 Å². The number of amides is 2. The van der Waals surface area contributed by atoms with Crippen molar-refractivity contribution in [1.29, 1.82) is 0 Å². The van der Waals surface area contributed by atoms with Gasteiger partial charge in [-0.15, -0.1) is 0 Å². The van der Waals surface area contributed by atoms with E-state index >= 15 is 0 Å². The average molecular weight is 568 g/mol. The topological polar surface area (TPSA) is 154 Å². The zero-order valence-corrected chi connectivity index (χ0v) is 23.9. The van der Waals surface area contributed by atoms with Gasteiger partial charge in [0.2, 0.25) is 11.8 Å². The second-order valence-corrected chi connectivity index (χ2v) is 10.6. The summed E-state index contributed by atoms with van der Waals surface area (Å²) in [6.45, 7) is 5.73. The third-order valence-electron chi connectivity index (χ3n) is 7.88. The molecule has 5 N–H and O–H groups in total. The number of nitrogens with two attached hydrogens (primary N) is 2. The largest absolute Gasteiger partial charge is 0.496 e. The summed E-state index contributed by atoms with van der Waals surface area (Å²) in [5.41, 5.74) is 17.8. The monoisotopic (exact) mass is 567 g/mol. The number of fused-ring (bicyclic) bond motifs is 3. The number of aromatic nitrogens is 2. The zero-order chi connectivity index (χ0) is 30.3. The van der Waals surface area contributed by atoms with Crippen molar-refractivity contribution in [2.24, 2.45) is 11.5 Å². The second-order valence-electron chi connectivity index (χ2n) is 10.6. The Morgan fingerprint density at radius 3 is 2.36 bits per heavy atom. The SMILES string of the molecule is COc1cc2c(cc1C(=O)O)CN(C(=O)[C@@H](N)Cc1c(C)cc(C(N)=O)cc1C)[C@@H](C)c1nc(-c3ccccc3)cn1-2.